The molecule has 0 fully saturated rings. The van der Waals surface area contributed by atoms with Gasteiger partial charge >= 0.3 is 0 Å². The zero-order valence-corrected chi connectivity index (χ0v) is 11.5. The van der Waals surface area contributed by atoms with Gasteiger partial charge in [0.15, 0.2) is 0 Å². The first-order valence-corrected chi connectivity index (χ1v) is 6.41. The molecule has 0 bridgehead atoms. The number of carbonyl (C=O) groups is 1. The second kappa shape index (κ2) is 4.92. The summed E-state index contributed by atoms with van der Waals surface area (Å²) >= 11 is 0. The third-order valence-electron chi connectivity index (χ3n) is 3.08. The van der Waals surface area contributed by atoms with Crippen molar-refractivity contribution in [2.45, 2.75) is 33.6 Å². The second-order valence-electron chi connectivity index (χ2n) is 5.39. The van der Waals surface area contributed by atoms with Gasteiger partial charge in [0.2, 0.25) is 0 Å². The fourth-order valence-corrected chi connectivity index (χ4v) is 2.24. The van der Waals surface area contributed by atoms with Gasteiger partial charge in [0, 0.05) is 19.9 Å². The molecule has 0 aliphatic rings. The number of nitrogens with zero attached hydrogens (tertiary/aromatic N) is 2. The Labute approximate surface area is 108 Å². The van der Waals surface area contributed by atoms with E-state index in [2.05, 4.69) is 36.5 Å². The number of fused-ring (bicyclic) bond motifs is 1. The Balaban J connectivity index is 2.41. The minimum absolute atomic E-state index is 0.188. The Morgan fingerprint density at radius 2 is 2.11 bits per heavy atom. The number of hydrogen-bond acceptors (Lipinski definition) is 2. The first-order valence-electron chi connectivity index (χ1n) is 6.41. The summed E-state index contributed by atoms with van der Waals surface area (Å²) in [6, 6.07) is 6.11. The molecule has 3 nitrogen and oxygen atoms in total. The molecule has 0 unspecified atom stereocenters. The van der Waals surface area contributed by atoms with Crippen LogP contribution in [0.15, 0.2) is 18.2 Å². The quantitative estimate of drug-likeness (QED) is 0.829. The van der Waals surface area contributed by atoms with Crippen LogP contribution < -0.4 is 0 Å². The number of rotatable bonds is 4. The van der Waals surface area contributed by atoms with Crippen LogP contribution in [0.5, 0.6) is 0 Å². The number of benzene rings is 1. The lowest BCUT2D eigenvalue weighted by atomic mass is 10.1. The third kappa shape index (κ3) is 2.61. The summed E-state index contributed by atoms with van der Waals surface area (Å²) in [4.78, 5) is 15.8. The van der Waals surface area contributed by atoms with Crippen molar-refractivity contribution in [3.63, 3.8) is 0 Å². The normalized spacial score (nSPS) is 11.4. The van der Waals surface area contributed by atoms with E-state index < -0.39 is 0 Å². The lowest BCUT2D eigenvalue weighted by Crippen LogP contribution is -2.02. The number of imidazole rings is 1. The molecule has 0 aliphatic heterocycles. The smallest absolute Gasteiger partial charge is 0.134 e. The van der Waals surface area contributed by atoms with Crippen LogP contribution in [0.1, 0.15) is 32.2 Å². The first-order chi connectivity index (χ1) is 8.47. The minimum atomic E-state index is 0.188. The van der Waals surface area contributed by atoms with Crippen LogP contribution in [0.4, 0.5) is 0 Å². The summed E-state index contributed by atoms with van der Waals surface area (Å²) in [6.07, 6.45) is 1.47. The zero-order chi connectivity index (χ0) is 13.3. The van der Waals surface area contributed by atoms with Crippen LogP contribution in [0.3, 0.4) is 0 Å². The second-order valence-corrected chi connectivity index (χ2v) is 5.39. The maximum absolute atomic E-state index is 11.1. The molecule has 1 heterocycles. The van der Waals surface area contributed by atoms with Gasteiger partial charge in [-0.15, -0.1) is 0 Å². The predicted molar refractivity (Wildman–Crippen MR) is 73.6 cm³/mol. The van der Waals surface area contributed by atoms with Gasteiger partial charge in [-0.3, -0.25) is 4.79 Å². The van der Waals surface area contributed by atoms with Crippen molar-refractivity contribution in [1.29, 1.82) is 0 Å². The standard InChI is InChI=1S/C15H20N2O/c1-10(2)7-15-16-13-9-12(8-11(3)18)5-6-14(13)17(15)4/h5-6,9-10H,7-8H2,1-4H3. The van der Waals surface area contributed by atoms with Crippen molar-refractivity contribution < 1.29 is 4.79 Å². The van der Waals surface area contributed by atoms with Crippen molar-refractivity contribution in [2.75, 3.05) is 0 Å². The molecule has 0 radical (unpaired) electrons. The van der Waals surface area contributed by atoms with Gasteiger partial charge in [-0.2, -0.15) is 0 Å². The molecule has 18 heavy (non-hydrogen) atoms. The monoisotopic (exact) mass is 244 g/mol. The minimum Gasteiger partial charge on any atom is -0.331 e. The van der Waals surface area contributed by atoms with E-state index in [0.717, 1.165) is 28.8 Å². The van der Waals surface area contributed by atoms with E-state index in [1.807, 2.05) is 12.1 Å². The Kier molecular flexibility index (Phi) is 3.50. The summed E-state index contributed by atoms with van der Waals surface area (Å²) in [5.74, 6) is 1.89. The highest BCUT2D eigenvalue weighted by Crippen LogP contribution is 2.19. The molecular weight excluding hydrogens is 224 g/mol. The van der Waals surface area contributed by atoms with Crippen LogP contribution in [0.25, 0.3) is 11.0 Å². The van der Waals surface area contributed by atoms with E-state index in [9.17, 15) is 4.79 Å². The molecule has 0 aliphatic carbocycles. The summed E-state index contributed by atoms with van der Waals surface area (Å²) in [5, 5.41) is 0. The number of ketones is 1. The molecule has 2 aromatic rings. The first kappa shape index (κ1) is 12.8. The summed E-state index contributed by atoms with van der Waals surface area (Å²) in [6.45, 7) is 6.01. The van der Waals surface area contributed by atoms with Crippen molar-refractivity contribution in [3.8, 4) is 0 Å². The molecule has 2 rings (SSSR count). The number of carbonyl (C=O) groups excluding carboxylic acids is 1. The van der Waals surface area contributed by atoms with Gasteiger partial charge in [-0.1, -0.05) is 19.9 Å². The van der Waals surface area contributed by atoms with Gasteiger partial charge in [0.05, 0.1) is 11.0 Å². The molecule has 1 aromatic heterocycles. The molecule has 0 spiro atoms. The van der Waals surface area contributed by atoms with E-state index in [1.165, 1.54) is 0 Å². The van der Waals surface area contributed by atoms with Crippen LogP contribution in [0, 0.1) is 5.92 Å². The summed E-state index contributed by atoms with van der Waals surface area (Å²) in [7, 11) is 2.05. The highest BCUT2D eigenvalue weighted by atomic mass is 16.1. The Morgan fingerprint density at radius 1 is 1.39 bits per heavy atom. The van der Waals surface area contributed by atoms with Crippen molar-refractivity contribution >= 4 is 16.8 Å². The molecule has 96 valence electrons. The number of hydrogen-bond donors (Lipinski definition) is 0. The maximum atomic E-state index is 11.1. The van der Waals surface area contributed by atoms with Crippen LogP contribution >= 0.6 is 0 Å². The molecule has 0 saturated carbocycles. The van der Waals surface area contributed by atoms with Crippen LogP contribution in [-0.4, -0.2) is 15.3 Å². The highest BCUT2D eigenvalue weighted by Gasteiger charge is 2.10. The Hall–Kier alpha value is -1.64. The van der Waals surface area contributed by atoms with Gasteiger partial charge in [0.25, 0.3) is 0 Å². The van der Waals surface area contributed by atoms with E-state index in [-0.39, 0.29) is 5.78 Å². The molecule has 0 amide bonds. The van der Waals surface area contributed by atoms with Gasteiger partial charge in [0.1, 0.15) is 11.6 Å². The number of aryl methyl sites for hydroxylation is 1. The van der Waals surface area contributed by atoms with Crippen molar-refractivity contribution in [2.24, 2.45) is 13.0 Å². The van der Waals surface area contributed by atoms with Crippen LogP contribution in [-0.2, 0) is 24.7 Å². The average molecular weight is 244 g/mol. The lowest BCUT2D eigenvalue weighted by molar-refractivity contribution is -0.116. The average Bonchev–Trinajstić information content (AvgIpc) is 2.54. The van der Waals surface area contributed by atoms with Crippen molar-refractivity contribution in [1.82, 2.24) is 9.55 Å². The number of aromatic nitrogens is 2. The van der Waals surface area contributed by atoms with E-state index >= 15 is 0 Å². The predicted octanol–water partition coefficient (Wildman–Crippen LogP) is 2.90. The largest absolute Gasteiger partial charge is 0.331 e. The fourth-order valence-electron chi connectivity index (χ4n) is 2.24. The van der Waals surface area contributed by atoms with Crippen molar-refractivity contribution in [3.05, 3.63) is 29.6 Å². The molecule has 0 saturated heterocycles. The molecule has 0 N–H and O–H groups in total. The summed E-state index contributed by atoms with van der Waals surface area (Å²) in [5.41, 5.74) is 3.18. The topological polar surface area (TPSA) is 34.9 Å². The Bertz CT molecular complexity index is 581. The lowest BCUT2D eigenvalue weighted by Gasteiger charge is -2.04. The van der Waals surface area contributed by atoms with Gasteiger partial charge < -0.3 is 4.57 Å². The molecule has 0 atom stereocenters. The zero-order valence-electron chi connectivity index (χ0n) is 11.5. The molecular formula is C15H20N2O. The third-order valence-corrected chi connectivity index (χ3v) is 3.08. The summed E-state index contributed by atoms with van der Waals surface area (Å²) < 4.78 is 2.15. The molecule has 3 heteroatoms. The van der Waals surface area contributed by atoms with E-state index in [1.54, 1.807) is 6.92 Å². The van der Waals surface area contributed by atoms with Gasteiger partial charge in [-0.25, -0.2) is 4.98 Å². The Morgan fingerprint density at radius 3 is 2.72 bits per heavy atom. The highest BCUT2D eigenvalue weighted by molar-refractivity contribution is 5.81. The maximum Gasteiger partial charge on any atom is 0.134 e. The van der Waals surface area contributed by atoms with Gasteiger partial charge in [-0.05, 0) is 30.5 Å². The van der Waals surface area contributed by atoms with E-state index in [0.29, 0.717) is 12.3 Å². The SMILES string of the molecule is CC(=O)Cc1ccc2c(c1)nc(CC(C)C)n2C. The van der Waals surface area contributed by atoms with E-state index in [4.69, 9.17) is 0 Å². The van der Waals surface area contributed by atoms with Crippen LogP contribution in [0.2, 0.25) is 0 Å². The molecule has 1 aromatic carbocycles. The fraction of sp³-hybridized carbons (Fsp3) is 0.467. The number of Topliss-reactive ketones (excluding diaryl/α,β-unsaturated/α-hetero) is 1.